The third kappa shape index (κ3) is 3.03. The van der Waals surface area contributed by atoms with Gasteiger partial charge in [0.05, 0.1) is 22.9 Å². The van der Waals surface area contributed by atoms with Gasteiger partial charge in [0.1, 0.15) is 23.0 Å². The number of aromatic nitrogens is 2. The highest BCUT2D eigenvalue weighted by Gasteiger charge is 2.30. The first kappa shape index (κ1) is 18.5. The Hall–Kier alpha value is -2.87. The summed E-state index contributed by atoms with van der Waals surface area (Å²) in [5.41, 5.74) is 3.31. The zero-order valence-corrected chi connectivity index (χ0v) is 16.1. The van der Waals surface area contributed by atoms with Gasteiger partial charge < -0.3 is 5.32 Å². The summed E-state index contributed by atoms with van der Waals surface area (Å²) in [4.78, 5) is 12.7. The van der Waals surface area contributed by atoms with Gasteiger partial charge in [-0.2, -0.15) is 5.10 Å². The normalized spacial score (nSPS) is 15.5. The summed E-state index contributed by atoms with van der Waals surface area (Å²) in [5, 5.41) is 7.13. The van der Waals surface area contributed by atoms with E-state index >= 15 is 0 Å². The molecule has 0 saturated carbocycles. The van der Waals surface area contributed by atoms with Gasteiger partial charge in [-0.05, 0) is 43.2 Å². The maximum atomic E-state index is 14.0. The van der Waals surface area contributed by atoms with E-state index in [-0.39, 0.29) is 11.5 Å². The number of nitrogens with zero attached hydrogens (tertiary/aromatic N) is 2. The van der Waals surface area contributed by atoms with Gasteiger partial charge in [-0.15, -0.1) is 0 Å². The number of aryl methyl sites for hydroxylation is 1. The SMILES string of the molecule is Cc1cccc(-n2nc3c(c2NC(=O)c2c(F)cccc2F)C[S@@](=O)C3)c1C. The van der Waals surface area contributed by atoms with Crippen molar-refractivity contribution in [2.75, 3.05) is 5.32 Å². The fourth-order valence-corrected chi connectivity index (χ4v) is 4.54. The molecule has 1 amide bonds. The maximum absolute atomic E-state index is 14.0. The molecule has 1 N–H and O–H groups in total. The van der Waals surface area contributed by atoms with Crippen molar-refractivity contribution in [3.63, 3.8) is 0 Å². The number of benzene rings is 2. The highest BCUT2D eigenvalue weighted by molar-refractivity contribution is 7.83. The molecule has 0 unspecified atom stereocenters. The summed E-state index contributed by atoms with van der Waals surface area (Å²) in [5.74, 6) is -2.00. The summed E-state index contributed by atoms with van der Waals surface area (Å²) in [6, 6.07) is 8.92. The number of hydrogen-bond donors (Lipinski definition) is 1. The van der Waals surface area contributed by atoms with Crippen LogP contribution in [-0.4, -0.2) is 19.9 Å². The number of carbonyl (C=O) groups is 1. The van der Waals surface area contributed by atoms with Crippen LogP contribution in [0.15, 0.2) is 36.4 Å². The molecule has 2 heterocycles. The minimum atomic E-state index is -1.12. The Morgan fingerprint density at radius 3 is 2.50 bits per heavy atom. The van der Waals surface area contributed by atoms with Gasteiger partial charge in [0.25, 0.3) is 5.91 Å². The quantitative estimate of drug-likeness (QED) is 0.726. The van der Waals surface area contributed by atoms with Crippen molar-refractivity contribution in [1.29, 1.82) is 0 Å². The predicted octanol–water partition coefficient (Wildman–Crippen LogP) is 3.78. The van der Waals surface area contributed by atoms with E-state index in [0.29, 0.717) is 17.1 Å². The van der Waals surface area contributed by atoms with Crippen LogP contribution < -0.4 is 5.32 Å². The molecule has 0 aliphatic carbocycles. The number of halogens is 2. The van der Waals surface area contributed by atoms with Crippen LogP contribution in [0.4, 0.5) is 14.6 Å². The lowest BCUT2D eigenvalue weighted by Gasteiger charge is -2.14. The van der Waals surface area contributed by atoms with Crippen molar-refractivity contribution >= 4 is 22.5 Å². The molecule has 0 spiro atoms. The molecule has 144 valence electrons. The van der Waals surface area contributed by atoms with E-state index in [1.807, 2.05) is 32.0 Å². The lowest BCUT2D eigenvalue weighted by Crippen LogP contribution is -2.19. The minimum Gasteiger partial charge on any atom is -0.306 e. The molecule has 28 heavy (non-hydrogen) atoms. The molecule has 0 saturated heterocycles. The van der Waals surface area contributed by atoms with Crippen LogP contribution in [0.5, 0.6) is 0 Å². The van der Waals surface area contributed by atoms with E-state index in [0.717, 1.165) is 28.9 Å². The molecule has 8 heteroatoms. The van der Waals surface area contributed by atoms with Crippen molar-refractivity contribution in [3.8, 4) is 5.69 Å². The molecule has 1 atom stereocenters. The van der Waals surface area contributed by atoms with Gasteiger partial charge in [-0.25, -0.2) is 13.5 Å². The van der Waals surface area contributed by atoms with E-state index < -0.39 is 33.9 Å². The Kier molecular flexibility index (Phi) is 4.58. The average molecular weight is 401 g/mol. The second-order valence-electron chi connectivity index (χ2n) is 6.68. The zero-order valence-electron chi connectivity index (χ0n) is 15.3. The highest BCUT2D eigenvalue weighted by Crippen LogP contribution is 2.33. The van der Waals surface area contributed by atoms with Crippen molar-refractivity contribution in [3.05, 3.63) is 76.0 Å². The Morgan fingerprint density at radius 2 is 1.79 bits per heavy atom. The molecule has 2 aromatic carbocycles. The molecule has 1 aliphatic rings. The first-order valence-electron chi connectivity index (χ1n) is 8.64. The first-order valence-corrected chi connectivity index (χ1v) is 10.1. The van der Waals surface area contributed by atoms with Gasteiger partial charge >= 0.3 is 0 Å². The molecule has 0 radical (unpaired) electrons. The highest BCUT2D eigenvalue weighted by atomic mass is 32.2. The minimum absolute atomic E-state index is 0.232. The second kappa shape index (κ2) is 6.94. The maximum Gasteiger partial charge on any atom is 0.262 e. The van der Waals surface area contributed by atoms with Crippen LogP contribution in [0.25, 0.3) is 5.69 Å². The van der Waals surface area contributed by atoms with Gasteiger partial charge in [-0.1, -0.05) is 18.2 Å². The topological polar surface area (TPSA) is 64.0 Å². The average Bonchev–Trinajstić information content (AvgIpc) is 3.14. The van der Waals surface area contributed by atoms with E-state index in [1.54, 1.807) is 4.68 Å². The summed E-state index contributed by atoms with van der Waals surface area (Å²) in [6.07, 6.45) is 0. The van der Waals surface area contributed by atoms with Crippen molar-refractivity contribution in [2.45, 2.75) is 25.4 Å². The standard InChI is InChI=1S/C20H17F2N3O2S/c1-11-5-3-8-17(12(11)2)25-19(13-9-28(27)10-16(13)24-25)23-20(26)18-14(21)6-4-7-15(18)22/h3-8H,9-10H2,1-2H3,(H,23,26)/t28-/m1/s1. The molecular formula is C20H17F2N3O2S. The molecule has 1 aliphatic heterocycles. The molecule has 0 fully saturated rings. The molecule has 1 aromatic heterocycles. The Labute approximate surface area is 162 Å². The summed E-state index contributed by atoms with van der Waals surface area (Å²) in [7, 11) is -1.12. The van der Waals surface area contributed by atoms with E-state index in [1.165, 1.54) is 6.07 Å². The smallest absolute Gasteiger partial charge is 0.262 e. The third-order valence-corrected chi connectivity index (χ3v) is 6.10. The van der Waals surface area contributed by atoms with Crippen LogP contribution in [0.1, 0.15) is 32.7 Å². The number of fused-ring (bicyclic) bond motifs is 1. The van der Waals surface area contributed by atoms with E-state index in [2.05, 4.69) is 10.4 Å². The van der Waals surface area contributed by atoms with Crippen LogP contribution in [0.3, 0.4) is 0 Å². The predicted molar refractivity (Wildman–Crippen MR) is 103 cm³/mol. The fourth-order valence-electron chi connectivity index (χ4n) is 3.28. The Morgan fingerprint density at radius 1 is 1.11 bits per heavy atom. The van der Waals surface area contributed by atoms with E-state index in [4.69, 9.17) is 0 Å². The van der Waals surface area contributed by atoms with Gasteiger partial charge in [0.2, 0.25) is 0 Å². The fraction of sp³-hybridized carbons (Fsp3) is 0.200. The lowest BCUT2D eigenvalue weighted by molar-refractivity contribution is 0.101. The molecule has 3 aromatic rings. The number of hydrogen-bond acceptors (Lipinski definition) is 3. The number of nitrogens with one attached hydrogen (secondary N) is 1. The lowest BCUT2D eigenvalue weighted by atomic mass is 10.1. The summed E-state index contributed by atoms with van der Waals surface area (Å²) >= 11 is 0. The molecule has 0 bridgehead atoms. The van der Waals surface area contributed by atoms with Gasteiger partial charge in [0, 0.05) is 16.4 Å². The van der Waals surface area contributed by atoms with Crippen LogP contribution >= 0.6 is 0 Å². The molecule has 4 rings (SSSR count). The van der Waals surface area contributed by atoms with Crippen molar-refractivity contribution in [2.24, 2.45) is 0 Å². The second-order valence-corrected chi connectivity index (χ2v) is 8.14. The molecule has 5 nitrogen and oxygen atoms in total. The Balaban J connectivity index is 1.83. The Bertz CT molecular complexity index is 1120. The van der Waals surface area contributed by atoms with Crippen LogP contribution in [-0.2, 0) is 22.3 Å². The van der Waals surface area contributed by atoms with Crippen molar-refractivity contribution < 1.29 is 17.8 Å². The monoisotopic (exact) mass is 401 g/mol. The number of amides is 1. The van der Waals surface area contributed by atoms with Crippen LogP contribution in [0, 0.1) is 25.5 Å². The van der Waals surface area contributed by atoms with E-state index in [9.17, 15) is 17.8 Å². The largest absolute Gasteiger partial charge is 0.306 e. The van der Waals surface area contributed by atoms with Gasteiger partial charge in [-0.3, -0.25) is 9.00 Å². The van der Waals surface area contributed by atoms with Gasteiger partial charge in [0.15, 0.2) is 0 Å². The van der Waals surface area contributed by atoms with Crippen molar-refractivity contribution in [1.82, 2.24) is 9.78 Å². The van der Waals surface area contributed by atoms with Crippen LogP contribution in [0.2, 0.25) is 0 Å². The number of anilines is 1. The first-order chi connectivity index (χ1) is 13.4. The number of rotatable bonds is 3. The molecular weight excluding hydrogens is 384 g/mol. The third-order valence-electron chi connectivity index (χ3n) is 4.90. The summed E-state index contributed by atoms with van der Waals surface area (Å²) in [6.45, 7) is 3.88. The zero-order chi connectivity index (χ0) is 20.0. The summed E-state index contributed by atoms with van der Waals surface area (Å²) < 4.78 is 41.6. The number of carbonyl (C=O) groups excluding carboxylic acids is 1.